The van der Waals surface area contributed by atoms with Gasteiger partial charge in [0.1, 0.15) is 11.0 Å². The Morgan fingerprint density at radius 1 is 1.48 bits per heavy atom. The van der Waals surface area contributed by atoms with Crippen molar-refractivity contribution >= 4 is 39.1 Å². The summed E-state index contributed by atoms with van der Waals surface area (Å²) in [6, 6.07) is 2.83. The van der Waals surface area contributed by atoms with Crippen molar-refractivity contribution in [2.24, 2.45) is 5.73 Å². The molecule has 0 atom stereocenters. The fraction of sp³-hybridized carbons (Fsp3) is 0.286. The lowest BCUT2D eigenvalue weighted by Gasteiger charge is -2.11. The van der Waals surface area contributed by atoms with Gasteiger partial charge in [0.25, 0.3) is 11.2 Å². The molecule has 0 spiro atoms. The number of nitrogens with one attached hydrogen (secondary N) is 1. The van der Waals surface area contributed by atoms with Crippen molar-refractivity contribution in [1.82, 2.24) is 14.8 Å². The molecule has 0 unspecified atom stereocenters. The summed E-state index contributed by atoms with van der Waals surface area (Å²) in [6.45, 7) is 2.39. The van der Waals surface area contributed by atoms with Crippen LogP contribution < -0.4 is 11.3 Å². The molecule has 0 saturated carbocycles. The summed E-state index contributed by atoms with van der Waals surface area (Å²) in [5.74, 6) is 0. The predicted molar refractivity (Wildman–Crippen MR) is 87.9 cm³/mol. The first-order valence-electron chi connectivity index (χ1n) is 7.01. The summed E-state index contributed by atoms with van der Waals surface area (Å²) in [6.07, 6.45) is 0.525. The van der Waals surface area contributed by atoms with Crippen molar-refractivity contribution in [3.63, 3.8) is 0 Å². The van der Waals surface area contributed by atoms with Crippen molar-refractivity contribution in [3.05, 3.63) is 43.3 Å². The van der Waals surface area contributed by atoms with E-state index in [-0.39, 0.29) is 28.3 Å². The van der Waals surface area contributed by atoms with E-state index in [9.17, 15) is 14.9 Å². The van der Waals surface area contributed by atoms with Gasteiger partial charge in [0.05, 0.1) is 10.3 Å². The fourth-order valence-electron chi connectivity index (χ4n) is 2.77. The highest BCUT2D eigenvalue weighted by atomic mass is 35.5. The standard InChI is InChI=1S/C14H14ClN5O3/c1-7-11-12(18-17-7)9-5-8(15)6-10(20(22)23)13(9)19(14(11)21)4-2-3-16/h5-6H,2-4,16H2,1H3,(H,17,18). The summed E-state index contributed by atoms with van der Waals surface area (Å²) >= 11 is 6.02. The Bertz CT molecular complexity index is 992. The van der Waals surface area contributed by atoms with Gasteiger partial charge in [-0.15, -0.1) is 0 Å². The van der Waals surface area contributed by atoms with E-state index in [0.717, 1.165) is 0 Å². The molecule has 0 saturated heterocycles. The summed E-state index contributed by atoms with van der Waals surface area (Å²) in [5.41, 5.74) is 6.20. The quantitative estimate of drug-likeness (QED) is 0.558. The van der Waals surface area contributed by atoms with E-state index in [2.05, 4.69) is 10.2 Å². The predicted octanol–water partition coefficient (Wildman–Crippen LogP) is 2.10. The molecule has 3 aromatic rings. The van der Waals surface area contributed by atoms with Crippen LogP contribution in [0.2, 0.25) is 5.02 Å². The van der Waals surface area contributed by atoms with Crippen LogP contribution >= 0.6 is 11.6 Å². The molecule has 120 valence electrons. The number of hydrogen-bond donors (Lipinski definition) is 2. The highest BCUT2D eigenvalue weighted by Gasteiger charge is 2.23. The van der Waals surface area contributed by atoms with Crippen molar-refractivity contribution in [2.45, 2.75) is 19.9 Å². The zero-order chi connectivity index (χ0) is 16.7. The first kappa shape index (κ1) is 15.4. The van der Waals surface area contributed by atoms with E-state index in [0.29, 0.717) is 34.9 Å². The summed E-state index contributed by atoms with van der Waals surface area (Å²) in [4.78, 5) is 23.7. The van der Waals surface area contributed by atoms with Crippen LogP contribution in [-0.2, 0) is 6.54 Å². The third-order valence-corrected chi connectivity index (χ3v) is 3.99. The molecule has 1 aromatic carbocycles. The molecule has 9 heteroatoms. The van der Waals surface area contributed by atoms with Crippen LogP contribution in [0.4, 0.5) is 5.69 Å². The van der Waals surface area contributed by atoms with Gasteiger partial charge in [0.2, 0.25) is 0 Å². The molecular weight excluding hydrogens is 322 g/mol. The van der Waals surface area contributed by atoms with Gasteiger partial charge in [0.15, 0.2) is 0 Å². The Morgan fingerprint density at radius 2 is 2.22 bits per heavy atom. The first-order valence-corrected chi connectivity index (χ1v) is 7.38. The molecule has 0 aliphatic heterocycles. The molecule has 0 bridgehead atoms. The number of aromatic nitrogens is 3. The number of aryl methyl sites for hydroxylation is 2. The van der Waals surface area contributed by atoms with Gasteiger partial charge in [-0.05, 0) is 26.0 Å². The van der Waals surface area contributed by atoms with Crippen LogP contribution in [0.3, 0.4) is 0 Å². The molecule has 0 aliphatic rings. The van der Waals surface area contributed by atoms with Gasteiger partial charge in [-0.3, -0.25) is 20.0 Å². The number of nitro benzene ring substituents is 1. The molecule has 3 N–H and O–H groups in total. The molecule has 3 rings (SSSR count). The van der Waals surface area contributed by atoms with Crippen LogP contribution in [0.15, 0.2) is 16.9 Å². The zero-order valence-electron chi connectivity index (χ0n) is 12.3. The normalized spacial score (nSPS) is 11.4. The number of halogens is 1. The van der Waals surface area contributed by atoms with Crippen molar-refractivity contribution in [3.8, 4) is 0 Å². The molecule has 23 heavy (non-hydrogen) atoms. The molecule has 2 heterocycles. The maximum absolute atomic E-state index is 12.8. The van der Waals surface area contributed by atoms with Gasteiger partial charge in [0, 0.05) is 28.7 Å². The van der Waals surface area contributed by atoms with Crippen LogP contribution in [0.25, 0.3) is 21.8 Å². The third kappa shape index (κ3) is 2.36. The van der Waals surface area contributed by atoms with Gasteiger partial charge in [-0.1, -0.05) is 11.6 Å². The number of aromatic amines is 1. The number of nitro groups is 1. The topological polar surface area (TPSA) is 120 Å². The van der Waals surface area contributed by atoms with Gasteiger partial charge >= 0.3 is 0 Å². The summed E-state index contributed by atoms with van der Waals surface area (Å²) < 4.78 is 1.39. The van der Waals surface area contributed by atoms with E-state index < -0.39 is 4.92 Å². The fourth-order valence-corrected chi connectivity index (χ4v) is 2.99. The third-order valence-electron chi connectivity index (χ3n) is 3.77. The lowest BCUT2D eigenvalue weighted by atomic mass is 10.1. The minimum absolute atomic E-state index is 0.218. The molecule has 0 fully saturated rings. The van der Waals surface area contributed by atoms with Crippen molar-refractivity contribution in [1.29, 1.82) is 0 Å². The zero-order valence-corrected chi connectivity index (χ0v) is 13.1. The first-order chi connectivity index (χ1) is 11.0. The summed E-state index contributed by atoms with van der Waals surface area (Å²) in [5, 5.41) is 19.4. The SMILES string of the molecule is Cc1[nH]nc2c1c(=O)n(CCCN)c1c([N+](=O)[O-])cc(Cl)cc21. The molecule has 2 aromatic heterocycles. The second-order valence-electron chi connectivity index (χ2n) is 5.25. The van der Waals surface area contributed by atoms with Crippen LogP contribution in [0, 0.1) is 17.0 Å². The monoisotopic (exact) mass is 335 g/mol. The van der Waals surface area contributed by atoms with E-state index in [1.54, 1.807) is 13.0 Å². The molecule has 0 radical (unpaired) electrons. The Kier molecular flexibility index (Phi) is 3.78. The number of fused-ring (bicyclic) bond motifs is 3. The smallest absolute Gasteiger partial charge is 0.295 e. The van der Waals surface area contributed by atoms with Gasteiger partial charge in [-0.25, -0.2) is 0 Å². The Labute approximate surface area is 135 Å². The van der Waals surface area contributed by atoms with E-state index in [1.165, 1.54) is 10.6 Å². The number of benzene rings is 1. The average Bonchev–Trinajstić information content (AvgIpc) is 2.89. The number of H-pyrrole nitrogens is 1. The second-order valence-corrected chi connectivity index (χ2v) is 5.69. The lowest BCUT2D eigenvalue weighted by molar-refractivity contribution is -0.383. The van der Waals surface area contributed by atoms with Crippen molar-refractivity contribution in [2.75, 3.05) is 6.54 Å². The number of nitrogens with two attached hydrogens (primary N) is 1. The van der Waals surface area contributed by atoms with Gasteiger partial charge < -0.3 is 10.3 Å². The highest BCUT2D eigenvalue weighted by Crippen LogP contribution is 2.33. The summed E-state index contributed by atoms with van der Waals surface area (Å²) in [7, 11) is 0. The number of hydrogen-bond acceptors (Lipinski definition) is 5. The van der Waals surface area contributed by atoms with Gasteiger partial charge in [-0.2, -0.15) is 5.10 Å². The van der Waals surface area contributed by atoms with Crippen molar-refractivity contribution < 1.29 is 4.92 Å². The van der Waals surface area contributed by atoms with E-state index in [4.69, 9.17) is 17.3 Å². The minimum Gasteiger partial charge on any atom is -0.330 e. The second kappa shape index (κ2) is 5.64. The minimum atomic E-state index is -0.544. The molecule has 0 amide bonds. The maximum Gasteiger partial charge on any atom is 0.295 e. The highest BCUT2D eigenvalue weighted by molar-refractivity contribution is 6.32. The number of pyridine rings is 1. The van der Waals surface area contributed by atoms with Crippen LogP contribution in [0.5, 0.6) is 0 Å². The average molecular weight is 336 g/mol. The number of non-ortho nitro benzene ring substituents is 1. The molecule has 0 aliphatic carbocycles. The Balaban J connectivity index is 2.57. The maximum atomic E-state index is 12.8. The lowest BCUT2D eigenvalue weighted by Crippen LogP contribution is -2.23. The Morgan fingerprint density at radius 3 is 2.87 bits per heavy atom. The molecular formula is C14H14ClN5O3. The number of nitrogens with zero attached hydrogens (tertiary/aromatic N) is 3. The molecule has 8 nitrogen and oxygen atoms in total. The number of rotatable bonds is 4. The van der Waals surface area contributed by atoms with E-state index >= 15 is 0 Å². The largest absolute Gasteiger partial charge is 0.330 e. The Hall–Kier alpha value is -2.45. The van der Waals surface area contributed by atoms with E-state index in [1.807, 2.05) is 0 Å². The van der Waals surface area contributed by atoms with Crippen LogP contribution in [-0.4, -0.2) is 26.2 Å². The van der Waals surface area contributed by atoms with Crippen LogP contribution in [0.1, 0.15) is 12.1 Å².